The van der Waals surface area contributed by atoms with Gasteiger partial charge in [0.1, 0.15) is 12.1 Å². The van der Waals surface area contributed by atoms with Gasteiger partial charge in [0.2, 0.25) is 0 Å². The van der Waals surface area contributed by atoms with Gasteiger partial charge in [-0.25, -0.2) is 9.97 Å². The summed E-state index contributed by atoms with van der Waals surface area (Å²) in [6.45, 7) is 4.37. The Kier molecular flexibility index (Phi) is 1.79. The van der Waals surface area contributed by atoms with Crippen molar-refractivity contribution >= 4 is 11.9 Å². The molecular formula is C10H13N3. The predicted octanol–water partition coefficient (Wildman–Crippen LogP) is 1.83. The van der Waals surface area contributed by atoms with E-state index in [1.165, 1.54) is 6.33 Å². The number of hydrogen-bond donors (Lipinski definition) is 1. The molecule has 0 spiro atoms. The molecule has 1 aliphatic carbocycles. The van der Waals surface area contributed by atoms with Gasteiger partial charge in [0.15, 0.2) is 0 Å². The fourth-order valence-corrected chi connectivity index (χ4v) is 1.69. The van der Waals surface area contributed by atoms with E-state index in [9.17, 15) is 0 Å². The van der Waals surface area contributed by atoms with E-state index in [-0.39, 0.29) is 0 Å². The third kappa shape index (κ3) is 1.20. The van der Waals surface area contributed by atoms with Crippen LogP contribution in [0.15, 0.2) is 12.4 Å². The Labute approximate surface area is 77.7 Å². The van der Waals surface area contributed by atoms with Crippen molar-refractivity contribution in [3.63, 3.8) is 0 Å². The minimum absolute atomic E-state index is 0.403. The van der Waals surface area contributed by atoms with Crippen LogP contribution in [0.2, 0.25) is 0 Å². The average molecular weight is 175 g/mol. The zero-order valence-corrected chi connectivity index (χ0v) is 7.86. The Morgan fingerprint density at radius 1 is 1.38 bits per heavy atom. The van der Waals surface area contributed by atoms with Crippen LogP contribution in [-0.4, -0.2) is 9.97 Å². The molecule has 0 saturated heterocycles. The van der Waals surface area contributed by atoms with Gasteiger partial charge in [0.05, 0.1) is 5.69 Å². The second kappa shape index (κ2) is 2.83. The molecule has 0 fully saturated rings. The predicted molar refractivity (Wildman–Crippen MR) is 53.1 cm³/mol. The highest BCUT2D eigenvalue weighted by Gasteiger charge is 2.23. The molecule has 0 saturated carbocycles. The summed E-state index contributed by atoms with van der Waals surface area (Å²) in [5.41, 5.74) is 7.80. The molecule has 0 amide bonds. The Bertz CT molecular complexity index is 355. The topological polar surface area (TPSA) is 51.8 Å². The van der Waals surface area contributed by atoms with E-state index in [2.05, 4.69) is 29.9 Å². The SMILES string of the molecule is CC(C)C1C=Cc2c(N)ncnc21. The van der Waals surface area contributed by atoms with Gasteiger partial charge in [-0.05, 0) is 5.92 Å². The van der Waals surface area contributed by atoms with Gasteiger partial charge in [-0.3, -0.25) is 0 Å². The first kappa shape index (κ1) is 8.23. The van der Waals surface area contributed by atoms with Gasteiger partial charge >= 0.3 is 0 Å². The molecule has 1 aromatic heterocycles. The van der Waals surface area contributed by atoms with Gasteiger partial charge in [-0.2, -0.15) is 0 Å². The number of anilines is 1. The van der Waals surface area contributed by atoms with Crippen LogP contribution < -0.4 is 5.73 Å². The van der Waals surface area contributed by atoms with Crippen molar-refractivity contribution in [1.82, 2.24) is 9.97 Å². The summed E-state index contributed by atoms with van der Waals surface area (Å²) in [5, 5.41) is 0. The Morgan fingerprint density at radius 2 is 2.15 bits per heavy atom. The van der Waals surface area contributed by atoms with E-state index >= 15 is 0 Å². The second-order valence-electron chi connectivity index (χ2n) is 3.69. The first-order valence-corrected chi connectivity index (χ1v) is 4.48. The molecular weight excluding hydrogens is 162 g/mol. The monoisotopic (exact) mass is 175 g/mol. The third-order valence-corrected chi connectivity index (χ3v) is 2.45. The summed E-state index contributed by atoms with van der Waals surface area (Å²) in [7, 11) is 0. The summed E-state index contributed by atoms with van der Waals surface area (Å²) in [5.74, 6) is 1.55. The van der Waals surface area contributed by atoms with Gasteiger partial charge in [0.25, 0.3) is 0 Å². The summed E-state index contributed by atoms with van der Waals surface area (Å²) in [6, 6.07) is 0. The molecule has 1 heterocycles. The fraction of sp³-hybridized carbons (Fsp3) is 0.400. The first-order chi connectivity index (χ1) is 6.20. The van der Waals surface area contributed by atoms with E-state index in [1.807, 2.05) is 6.08 Å². The third-order valence-electron chi connectivity index (χ3n) is 2.45. The number of rotatable bonds is 1. The summed E-state index contributed by atoms with van der Waals surface area (Å²) in [6.07, 6.45) is 5.71. The van der Waals surface area contributed by atoms with Crippen LogP contribution in [-0.2, 0) is 0 Å². The maximum absolute atomic E-state index is 5.73. The quantitative estimate of drug-likeness (QED) is 0.708. The lowest BCUT2D eigenvalue weighted by Crippen LogP contribution is -2.06. The lowest BCUT2D eigenvalue weighted by Gasteiger charge is -2.13. The minimum atomic E-state index is 0.403. The normalized spacial score (nSPS) is 19.5. The number of nitrogen functional groups attached to an aromatic ring is 1. The van der Waals surface area contributed by atoms with Crippen LogP contribution in [0.25, 0.3) is 6.08 Å². The van der Waals surface area contributed by atoms with Crippen molar-refractivity contribution in [1.29, 1.82) is 0 Å². The fourth-order valence-electron chi connectivity index (χ4n) is 1.69. The molecule has 13 heavy (non-hydrogen) atoms. The number of nitrogens with zero attached hydrogens (tertiary/aromatic N) is 2. The van der Waals surface area contributed by atoms with Crippen molar-refractivity contribution in [3.8, 4) is 0 Å². The van der Waals surface area contributed by atoms with E-state index in [0.29, 0.717) is 17.7 Å². The first-order valence-electron chi connectivity index (χ1n) is 4.48. The zero-order chi connectivity index (χ0) is 9.42. The van der Waals surface area contributed by atoms with Crippen LogP contribution in [0.4, 0.5) is 5.82 Å². The smallest absolute Gasteiger partial charge is 0.134 e. The van der Waals surface area contributed by atoms with Crippen molar-refractivity contribution in [2.75, 3.05) is 5.73 Å². The molecule has 0 aliphatic heterocycles. The molecule has 3 heteroatoms. The number of nitrogens with two attached hydrogens (primary N) is 1. The highest BCUT2D eigenvalue weighted by molar-refractivity contribution is 5.68. The van der Waals surface area contributed by atoms with Crippen molar-refractivity contribution < 1.29 is 0 Å². The molecule has 2 rings (SSSR count). The lowest BCUT2D eigenvalue weighted by molar-refractivity contribution is 0.572. The Morgan fingerprint density at radius 3 is 2.85 bits per heavy atom. The Hall–Kier alpha value is -1.38. The van der Waals surface area contributed by atoms with Crippen LogP contribution in [0, 0.1) is 5.92 Å². The van der Waals surface area contributed by atoms with E-state index in [1.54, 1.807) is 0 Å². The lowest BCUT2D eigenvalue weighted by atomic mass is 9.94. The van der Waals surface area contributed by atoms with Crippen molar-refractivity contribution in [2.45, 2.75) is 19.8 Å². The van der Waals surface area contributed by atoms with E-state index in [4.69, 9.17) is 5.73 Å². The highest BCUT2D eigenvalue weighted by atomic mass is 14.9. The van der Waals surface area contributed by atoms with E-state index in [0.717, 1.165) is 11.3 Å². The van der Waals surface area contributed by atoms with Crippen molar-refractivity contribution in [3.05, 3.63) is 23.7 Å². The summed E-state index contributed by atoms with van der Waals surface area (Å²) >= 11 is 0. The molecule has 1 unspecified atom stereocenters. The zero-order valence-electron chi connectivity index (χ0n) is 7.86. The van der Waals surface area contributed by atoms with Crippen LogP contribution in [0.5, 0.6) is 0 Å². The molecule has 1 atom stereocenters. The molecule has 1 aromatic rings. The number of fused-ring (bicyclic) bond motifs is 1. The largest absolute Gasteiger partial charge is 0.383 e. The minimum Gasteiger partial charge on any atom is -0.383 e. The van der Waals surface area contributed by atoms with E-state index < -0.39 is 0 Å². The van der Waals surface area contributed by atoms with Crippen LogP contribution in [0.1, 0.15) is 31.0 Å². The molecule has 0 aromatic carbocycles. The molecule has 0 radical (unpaired) electrons. The number of allylic oxidation sites excluding steroid dienone is 1. The maximum Gasteiger partial charge on any atom is 0.134 e. The molecule has 1 aliphatic rings. The molecule has 3 nitrogen and oxygen atoms in total. The molecule has 0 bridgehead atoms. The summed E-state index contributed by atoms with van der Waals surface area (Å²) in [4.78, 5) is 8.23. The molecule has 68 valence electrons. The average Bonchev–Trinajstić information content (AvgIpc) is 2.48. The van der Waals surface area contributed by atoms with Crippen LogP contribution in [0.3, 0.4) is 0 Å². The maximum atomic E-state index is 5.73. The van der Waals surface area contributed by atoms with Gasteiger partial charge < -0.3 is 5.73 Å². The summed E-state index contributed by atoms with van der Waals surface area (Å²) < 4.78 is 0. The van der Waals surface area contributed by atoms with Crippen LogP contribution >= 0.6 is 0 Å². The van der Waals surface area contributed by atoms with Gasteiger partial charge in [0, 0.05) is 11.5 Å². The van der Waals surface area contributed by atoms with Gasteiger partial charge in [-0.1, -0.05) is 26.0 Å². The van der Waals surface area contributed by atoms with Gasteiger partial charge in [-0.15, -0.1) is 0 Å². The number of hydrogen-bond acceptors (Lipinski definition) is 3. The standard InChI is InChI=1S/C10H13N3/c1-6(2)7-3-4-8-9(7)12-5-13-10(8)11/h3-7H,1-2H3,(H2,11,12,13). The Balaban J connectivity index is 2.49. The number of aromatic nitrogens is 2. The highest BCUT2D eigenvalue weighted by Crippen LogP contribution is 2.35. The molecule has 2 N–H and O–H groups in total. The van der Waals surface area contributed by atoms with Crippen molar-refractivity contribution in [2.24, 2.45) is 5.92 Å². The second-order valence-corrected chi connectivity index (χ2v) is 3.69.